The summed E-state index contributed by atoms with van der Waals surface area (Å²) >= 11 is 0. The van der Waals surface area contributed by atoms with E-state index in [1.54, 1.807) is 13.8 Å². The fraction of sp³-hybridized carbons (Fsp3) is 0.545. The van der Waals surface area contributed by atoms with Crippen LogP contribution >= 0.6 is 0 Å². The van der Waals surface area contributed by atoms with E-state index in [9.17, 15) is 14.4 Å². The molecule has 6 heteroatoms. The predicted octanol–water partition coefficient (Wildman–Crippen LogP) is 0.600. The maximum atomic E-state index is 11.4. The molecule has 96 valence electrons. The maximum Gasteiger partial charge on any atom is 0.348 e. The summed E-state index contributed by atoms with van der Waals surface area (Å²) in [6.45, 7) is 6.74. The normalized spacial score (nSPS) is 11.2. The number of hydrogen-bond acceptors (Lipinski definition) is 6. The lowest BCUT2D eigenvalue weighted by atomic mass is 10.2. The van der Waals surface area contributed by atoms with E-state index in [1.807, 2.05) is 0 Å². The summed E-state index contributed by atoms with van der Waals surface area (Å²) in [5, 5.41) is 0. The van der Waals surface area contributed by atoms with Crippen LogP contribution in [0.1, 0.15) is 20.3 Å². The first-order valence-electron chi connectivity index (χ1n) is 5.20. The van der Waals surface area contributed by atoms with Crippen LogP contribution in [0.3, 0.4) is 0 Å². The molecule has 0 saturated carbocycles. The molecule has 0 fully saturated rings. The van der Waals surface area contributed by atoms with Gasteiger partial charge in [0.1, 0.15) is 0 Å². The summed E-state index contributed by atoms with van der Waals surface area (Å²) < 4.78 is 14.0. The molecule has 0 radical (unpaired) electrons. The smallest absolute Gasteiger partial charge is 0.348 e. The van der Waals surface area contributed by atoms with Gasteiger partial charge in [-0.3, -0.25) is 4.79 Å². The van der Waals surface area contributed by atoms with Gasteiger partial charge in [-0.15, -0.1) is 0 Å². The molecule has 0 heterocycles. The van der Waals surface area contributed by atoms with Gasteiger partial charge in [0.15, 0.2) is 0 Å². The van der Waals surface area contributed by atoms with Crippen LogP contribution in [0.5, 0.6) is 0 Å². The second-order valence-electron chi connectivity index (χ2n) is 2.89. The second-order valence-corrected chi connectivity index (χ2v) is 2.89. The molecule has 0 N–H and O–H groups in total. The molecular weight excluding hydrogens is 228 g/mol. The van der Waals surface area contributed by atoms with Crippen molar-refractivity contribution in [3.05, 3.63) is 12.7 Å². The van der Waals surface area contributed by atoms with E-state index in [1.165, 1.54) is 0 Å². The fourth-order valence-electron chi connectivity index (χ4n) is 0.968. The molecule has 0 amide bonds. The van der Waals surface area contributed by atoms with Crippen molar-refractivity contribution in [2.45, 2.75) is 26.4 Å². The van der Waals surface area contributed by atoms with Crippen molar-refractivity contribution in [1.82, 2.24) is 0 Å². The molecule has 6 nitrogen and oxygen atoms in total. The summed E-state index contributed by atoms with van der Waals surface area (Å²) in [5.74, 6) is -2.22. The van der Waals surface area contributed by atoms with Gasteiger partial charge in [0.25, 0.3) is 0 Å². The lowest BCUT2D eigenvalue weighted by Crippen LogP contribution is -2.31. The van der Waals surface area contributed by atoms with E-state index in [0.29, 0.717) is 0 Å². The quantitative estimate of drug-likeness (QED) is 0.370. The number of ether oxygens (including phenoxy) is 3. The zero-order valence-corrected chi connectivity index (χ0v) is 9.93. The molecule has 0 aliphatic heterocycles. The number of carbonyl (C=O) groups excluding carboxylic acids is 3. The maximum absolute atomic E-state index is 11.4. The van der Waals surface area contributed by atoms with E-state index in [2.05, 4.69) is 16.1 Å². The van der Waals surface area contributed by atoms with E-state index < -0.39 is 24.0 Å². The van der Waals surface area contributed by atoms with Gasteiger partial charge in [0.05, 0.1) is 19.6 Å². The molecule has 0 spiro atoms. The first kappa shape index (κ1) is 15.2. The highest BCUT2D eigenvalue weighted by Crippen LogP contribution is 2.05. The van der Waals surface area contributed by atoms with E-state index in [4.69, 9.17) is 4.74 Å². The van der Waals surface area contributed by atoms with Crippen molar-refractivity contribution in [3.8, 4) is 0 Å². The van der Waals surface area contributed by atoms with Crippen LogP contribution in [0, 0.1) is 0 Å². The SMILES string of the molecule is C=CC(=O)OC(CC(=O)OCC)C(=O)OCC. The van der Waals surface area contributed by atoms with E-state index >= 15 is 0 Å². The average molecular weight is 244 g/mol. The Kier molecular flexibility index (Phi) is 7.41. The molecule has 0 aliphatic carbocycles. The molecule has 1 unspecified atom stereocenters. The predicted molar refractivity (Wildman–Crippen MR) is 58.0 cm³/mol. The summed E-state index contributed by atoms with van der Waals surface area (Å²) in [7, 11) is 0. The average Bonchev–Trinajstić information content (AvgIpc) is 2.28. The number of esters is 3. The van der Waals surface area contributed by atoms with Crippen LogP contribution in [-0.4, -0.2) is 37.2 Å². The Labute approximate surface area is 99.5 Å². The summed E-state index contributed by atoms with van der Waals surface area (Å²) in [6, 6.07) is 0. The second kappa shape index (κ2) is 8.32. The van der Waals surface area contributed by atoms with Crippen LogP contribution in [0.4, 0.5) is 0 Å². The third-order valence-electron chi connectivity index (χ3n) is 1.63. The van der Waals surface area contributed by atoms with Crippen LogP contribution in [0.25, 0.3) is 0 Å². The van der Waals surface area contributed by atoms with E-state index in [0.717, 1.165) is 6.08 Å². The lowest BCUT2D eigenvalue weighted by Gasteiger charge is -2.14. The Morgan fingerprint density at radius 3 is 2.24 bits per heavy atom. The van der Waals surface area contributed by atoms with Crippen LogP contribution < -0.4 is 0 Å². The van der Waals surface area contributed by atoms with Crippen molar-refractivity contribution < 1.29 is 28.6 Å². The highest BCUT2D eigenvalue weighted by molar-refractivity contribution is 5.87. The topological polar surface area (TPSA) is 78.9 Å². The van der Waals surface area contributed by atoms with Gasteiger partial charge in [-0.05, 0) is 13.8 Å². The number of rotatable bonds is 7. The van der Waals surface area contributed by atoms with Gasteiger partial charge < -0.3 is 14.2 Å². The Morgan fingerprint density at radius 1 is 1.18 bits per heavy atom. The minimum absolute atomic E-state index is 0.129. The molecule has 0 aromatic carbocycles. The van der Waals surface area contributed by atoms with E-state index in [-0.39, 0.29) is 19.6 Å². The highest BCUT2D eigenvalue weighted by atomic mass is 16.6. The summed E-state index contributed by atoms with van der Waals surface area (Å²) in [4.78, 5) is 33.5. The third kappa shape index (κ3) is 6.34. The van der Waals surface area contributed by atoms with Gasteiger partial charge in [-0.2, -0.15) is 0 Å². The van der Waals surface area contributed by atoms with Crippen molar-refractivity contribution in [3.63, 3.8) is 0 Å². The minimum atomic E-state index is -1.29. The molecule has 0 bridgehead atoms. The Morgan fingerprint density at radius 2 is 1.76 bits per heavy atom. The van der Waals surface area contributed by atoms with Crippen molar-refractivity contribution in [1.29, 1.82) is 0 Å². The van der Waals surface area contributed by atoms with Crippen LogP contribution in [0.15, 0.2) is 12.7 Å². The molecule has 1 atom stereocenters. The zero-order chi connectivity index (χ0) is 13.3. The van der Waals surface area contributed by atoms with Gasteiger partial charge in [0.2, 0.25) is 6.10 Å². The molecule has 0 aromatic heterocycles. The molecule has 0 saturated heterocycles. The first-order valence-corrected chi connectivity index (χ1v) is 5.20. The van der Waals surface area contributed by atoms with Gasteiger partial charge >= 0.3 is 17.9 Å². The Hall–Kier alpha value is -1.85. The molecular formula is C11H16O6. The van der Waals surface area contributed by atoms with Crippen LogP contribution in [-0.2, 0) is 28.6 Å². The molecule has 0 aromatic rings. The molecule has 17 heavy (non-hydrogen) atoms. The molecule has 0 rings (SSSR count). The monoisotopic (exact) mass is 244 g/mol. The van der Waals surface area contributed by atoms with Gasteiger partial charge in [0, 0.05) is 6.08 Å². The number of hydrogen-bond donors (Lipinski definition) is 0. The van der Waals surface area contributed by atoms with Crippen molar-refractivity contribution >= 4 is 17.9 Å². The lowest BCUT2D eigenvalue weighted by molar-refractivity contribution is -0.169. The summed E-state index contributed by atoms with van der Waals surface area (Å²) in [5.41, 5.74) is 0. The first-order chi connectivity index (χ1) is 8.04. The summed E-state index contributed by atoms with van der Waals surface area (Å²) in [6.07, 6.45) is -0.761. The fourth-order valence-corrected chi connectivity index (χ4v) is 0.968. The zero-order valence-electron chi connectivity index (χ0n) is 9.93. The van der Waals surface area contributed by atoms with Crippen molar-refractivity contribution in [2.75, 3.05) is 13.2 Å². The van der Waals surface area contributed by atoms with Crippen molar-refractivity contribution in [2.24, 2.45) is 0 Å². The Bertz CT molecular complexity index is 296. The van der Waals surface area contributed by atoms with Gasteiger partial charge in [-0.25, -0.2) is 9.59 Å². The van der Waals surface area contributed by atoms with Crippen LogP contribution in [0.2, 0.25) is 0 Å². The number of carbonyl (C=O) groups is 3. The van der Waals surface area contributed by atoms with Gasteiger partial charge in [-0.1, -0.05) is 6.58 Å². The standard InChI is InChI=1S/C11H16O6/c1-4-9(12)17-8(11(14)16-6-3)7-10(13)15-5-2/h4,8H,1,5-7H2,2-3H3. The minimum Gasteiger partial charge on any atom is -0.466 e. The molecule has 0 aliphatic rings. The Balaban J connectivity index is 4.49. The highest BCUT2D eigenvalue weighted by Gasteiger charge is 2.27. The third-order valence-corrected chi connectivity index (χ3v) is 1.63. The largest absolute Gasteiger partial charge is 0.466 e.